The molecule has 3 rings (SSSR count). The van der Waals surface area contributed by atoms with Crippen molar-refractivity contribution < 1.29 is 4.79 Å². The van der Waals surface area contributed by atoms with Crippen molar-refractivity contribution in [3.05, 3.63) is 65.0 Å². The molecule has 1 unspecified atom stereocenters. The summed E-state index contributed by atoms with van der Waals surface area (Å²) in [5, 5.41) is 0.482. The zero-order chi connectivity index (χ0) is 18.1. The molecule has 0 radical (unpaired) electrons. The van der Waals surface area contributed by atoms with Crippen molar-refractivity contribution in [2.24, 2.45) is 0 Å². The van der Waals surface area contributed by atoms with E-state index in [-0.39, 0.29) is 11.9 Å². The molecule has 0 aromatic heterocycles. The number of carbonyl (C=O) groups is 1. The Morgan fingerprint density at radius 1 is 1.12 bits per heavy atom. The van der Waals surface area contributed by atoms with Crippen molar-refractivity contribution in [3.63, 3.8) is 0 Å². The number of benzene rings is 2. The van der Waals surface area contributed by atoms with E-state index in [0.717, 1.165) is 16.8 Å². The van der Waals surface area contributed by atoms with Crippen LogP contribution in [0.25, 0.3) is 4.85 Å². The highest BCUT2D eigenvalue weighted by Gasteiger charge is 2.42. The molecule has 1 aliphatic rings. The van der Waals surface area contributed by atoms with Crippen molar-refractivity contribution in [1.29, 1.82) is 0 Å². The van der Waals surface area contributed by atoms with Crippen molar-refractivity contribution in [2.75, 3.05) is 9.80 Å². The second kappa shape index (κ2) is 6.66. The van der Waals surface area contributed by atoms with Gasteiger partial charge in [-0.05, 0) is 62.3 Å². The van der Waals surface area contributed by atoms with Gasteiger partial charge in [0.05, 0.1) is 6.57 Å². The van der Waals surface area contributed by atoms with E-state index < -0.39 is 0 Å². The molecule has 0 saturated carbocycles. The SMILES string of the molecule is [C-]#[N+]c1ccc(N2C(=O)C(CC)N(c3ccc(C)cc3)C2=S)cc1C. The molecule has 1 fully saturated rings. The highest BCUT2D eigenvalue weighted by atomic mass is 32.1. The van der Waals surface area contributed by atoms with E-state index in [2.05, 4.69) is 4.85 Å². The smallest absolute Gasteiger partial charge is 0.256 e. The number of thiocarbonyl (C=S) groups is 1. The third-order valence-corrected chi connectivity index (χ3v) is 4.85. The number of rotatable bonds is 3. The Morgan fingerprint density at radius 2 is 1.76 bits per heavy atom. The summed E-state index contributed by atoms with van der Waals surface area (Å²) in [6, 6.07) is 13.1. The summed E-state index contributed by atoms with van der Waals surface area (Å²) in [5.41, 5.74) is 4.23. The Morgan fingerprint density at radius 3 is 2.32 bits per heavy atom. The Bertz CT molecular complexity index is 883. The molecular formula is C20H19N3OS. The minimum Gasteiger partial charge on any atom is -0.306 e. The molecule has 2 aromatic carbocycles. The molecule has 4 nitrogen and oxygen atoms in total. The molecule has 0 N–H and O–H groups in total. The molecule has 1 atom stereocenters. The molecule has 25 heavy (non-hydrogen) atoms. The van der Waals surface area contributed by atoms with Gasteiger partial charge >= 0.3 is 0 Å². The first kappa shape index (κ1) is 17.1. The number of anilines is 2. The molecule has 1 saturated heterocycles. The molecule has 126 valence electrons. The lowest BCUT2D eigenvalue weighted by Gasteiger charge is -2.23. The summed E-state index contributed by atoms with van der Waals surface area (Å²) < 4.78 is 0. The monoisotopic (exact) mass is 349 g/mol. The van der Waals surface area contributed by atoms with Gasteiger partial charge in [-0.1, -0.05) is 30.7 Å². The second-order valence-corrected chi connectivity index (χ2v) is 6.53. The molecule has 0 bridgehead atoms. The number of carbonyl (C=O) groups excluding carboxylic acids is 1. The molecule has 0 aliphatic carbocycles. The predicted molar refractivity (Wildman–Crippen MR) is 105 cm³/mol. The Hall–Kier alpha value is -2.71. The van der Waals surface area contributed by atoms with Gasteiger partial charge in [-0.15, -0.1) is 0 Å². The van der Waals surface area contributed by atoms with Gasteiger partial charge in [0.1, 0.15) is 6.04 Å². The summed E-state index contributed by atoms with van der Waals surface area (Å²) in [6.07, 6.45) is 0.669. The normalized spacial score (nSPS) is 17.1. The molecule has 0 spiro atoms. The van der Waals surface area contributed by atoms with Crippen molar-refractivity contribution in [2.45, 2.75) is 33.2 Å². The maximum Gasteiger partial charge on any atom is 0.256 e. The molecule has 5 heteroatoms. The topological polar surface area (TPSA) is 27.9 Å². The molecular weight excluding hydrogens is 330 g/mol. The van der Waals surface area contributed by atoms with E-state index >= 15 is 0 Å². The Labute approximate surface area is 153 Å². The summed E-state index contributed by atoms with van der Waals surface area (Å²) in [5.74, 6) is -0.0250. The van der Waals surface area contributed by atoms with E-state index in [1.54, 1.807) is 17.0 Å². The van der Waals surface area contributed by atoms with Gasteiger partial charge < -0.3 is 4.90 Å². The maximum absolute atomic E-state index is 13.0. The third kappa shape index (κ3) is 2.90. The van der Waals surface area contributed by atoms with Gasteiger partial charge in [0.25, 0.3) is 5.91 Å². The average Bonchev–Trinajstić information content (AvgIpc) is 2.85. The first-order valence-corrected chi connectivity index (χ1v) is 8.60. The lowest BCUT2D eigenvalue weighted by Crippen LogP contribution is -2.34. The van der Waals surface area contributed by atoms with Crippen LogP contribution in [0.15, 0.2) is 42.5 Å². The second-order valence-electron chi connectivity index (χ2n) is 6.17. The molecule has 1 amide bonds. The average molecular weight is 349 g/mol. The fourth-order valence-electron chi connectivity index (χ4n) is 3.09. The van der Waals surface area contributed by atoms with Crippen molar-refractivity contribution in [3.8, 4) is 0 Å². The van der Waals surface area contributed by atoms with Crippen LogP contribution < -0.4 is 9.80 Å². The largest absolute Gasteiger partial charge is 0.306 e. The zero-order valence-electron chi connectivity index (χ0n) is 14.5. The van der Waals surface area contributed by atoms with Gasteiger partial charge in [-0.2, -0.15) is 0 Å². The van der Waals surface area contributed by atoms with Crippen LogP contribution in [0, 0.1) is 20.4 Å². The number of aryl methyl sites for hydroxylation is 2. The Balaban J connectivity index is 2.03. The van der Waals surface area contributed by atoms with Gasteiger partial charge in [0, 0.05) is 11.4 Å². The van der Waals surface area contributed by atoms with Gasteiger partial charge in [0.15, 0.2) is 10.8 Å². The number of nitrogens with zero attached hydrogens (tertiary/aromatic N) is 3. The van der Waals surface area contributed by atoms with Crippen LogP contribution in [0.3, 0.4) is 0 Å². The molecule has 2 aromatic rings. The summed E-state index contributed by atoms with van der Waals surface area (Å²) in [7, 11) is 0. The van der Waals surface area contributed by atoms with Crippen LogP contribution in [-0.2, 0) is 4.79 Å². The molecule has 1 aliphatic heterocycles. The van der Waals surface area contributed by atoms with E-state index in [1.165, 1.54) is 0 Å². The first-order valence-electron chi connectivity index (χ1n) is 8.20. The van der Waals surface area contributed by atoms with Crippen LogP contribution in [0.5, 0.6) is 0 Å². The van der Waals surface area contributed by atoms with E-state index in [4.69, 9.17) is 18.8 Å². The number of hydrogen-bond donors (Lipinski definition) is 0. The van der Waals surface area contributed by atoms with Crippen LogP contribution in [-0.4, -0.2) is 17.1 Å². The maximum atomic E-state index is 13.0. The van der Waals surface area contributed by atoms with E-state index in [0.29, 0.717) is 22.9 Å². The van der Waals surface area contributed by atoms with Crippen molar-refractivity contribution >= 4 is 40.3 Å². The van der Waals surface area contributed by atoms with Crippen LogP contribution in [0.1, 0.15) is 24.5 Å². The first-order chi connectivity index (χ1) is 12.0. The van der Waals surface area contributed by atoms with E-state index in [1.807, 2.05) is 56.0 Å². The quantitative estimate of drug-likeness (QED) is 0.590. The highest BCUT2D eigenvalue weighted by Crippen LogP contribution is 2.33. The highest BCUT2D eigenvalue weighted by molar-refractivity contribution is 7.81. The third-order valence-electron chi connectivity index (χ3n) is 4.47. The minimum absolute atomic E-state index is 0.0250. The minimum atomic E-state index is -0.309. The van der Waals surface area contributed by atoms with Crippen LogP contribution >= 0.6 is 12.2 Å². The zero-order valence-corrected chi connectivity index (χ0v) is 15.3. The lowest BCUT2D eigenvalue weighted by molar-refractivity contribution is -0.117. The fraction of sp³-hybridized carbons (Fsp3) is 0.250. The van der Waals surface area contributed by atoms with Gasteiger partial charge in [0.2, 0.25) is 0 Å². The van der Waals surface area contributed by atoms with Crippen LogP contribution in [0.4, 0.5) is 17.1 Å². The summed E-state index contributed by atoms with van der Waals surface area (Å²) in [4.78, 5) is 20.0. The summed E-state index contributed by atoms with van der Waals surface area (Å²) >= 11 is 5.65. The predicted octanol–water partition coefficient (Wildman–Crippen LogP) is 4.77. The van der Waals surface area contributed by atoms with Gasteiger partial charge in [-0.3, -0.25) is 9.69 Å². The van der Waals surface area contributed by atoms with E-state index in [9.17, 15) is 4.79 Å². The standard InChI is InChI=1S/C20H19N3OS/c1-5-18-19(24)23(16-10-11-17(21-4)14(3)12-16)20(25)22(18)15-8-6-13(2)7-9-15/h6-12,18H,5H2,1-3H3. The van der Waals surface area contributed by atoms with Gasteiger partial charge in [-0.25, -0.2) is 4.85 Å². The number of hydrogen-bond acceptors (Lipinski definition) is 2. The summed E-state index contributed by atoms with van der Waals surface area (Å²) in [6.45, 7) is 13.1. The Kier molecular flexibility index (Phi) is 4.56. The van der Waals surface area contributed by atoms with Crippen molar-refractivity contribution in [1.82, 2.24) is 0 Å². The molecule has 1 heterocycles. The van der Waals surface area contributed by atoms with Crippen LogP contribution in [0.2, 0.25) is 0 Å². The number of amides is 1. The fourth-order valence-corrected chi connectivity index (χ4v) is 3.52. The lowest BCUT2D eigenvalue weighted by atomic mass is 10.1.